The second-order valence-corrected chi connectivity index (χ2v) is 4.77. The number of aryl methyl sites for hydroxylation is 1. The molecule has 20 heavy (non-hydrogen) atoms. The topological polar surface area (TPSA) is 68.5 Å². The Hall–Kier alpha value is -1.89. The van der Waals surface area contributed by atoms with Crippen LogP contribution in [0.5, 0.6) is 5.75 Å². The molecule has 2 rings (SSSR count). The molecule has 1 aromatic carbocycles. The summed E-state index contributed by atoms with van der Waals surface area (Å²) in [5.74, 6) is -2.78. The molecule has 0 unspecified atom stereocenters. The van der Waals surface area contributed by atoms with Crippen LogP contribution in [0.15, 0.2) is 12.1 Å². The SMILES string of the molecule is CC(=O)Oc1cc2c(C(=O)O)c(CBr)n(C)c2cc1F. The molecule has 7 heteroatoms. The number of aromatic carboxylic acids is 1. The van der Waals surface area contributed by atoms with Gasteiger partial charge in [-0.15, -0.1) is 0 Å². The second-order valence-electron chi connectivity index (χ2n) is 4.21. The van der Waals surface area contributed by atoms with E-state index in [2.05, 4.69) is 15.9 Å². The monoisotopic (exact) mass is 343 g/mol. The Morgan fingerprint density at radius 3 is 2.60 bits per heavy atom. The van der Waals surface area contributed by atoms with Crippen molar-refractivity contribution in [1.82, 2.24) is 4.57 Å². The minimum absolute atomic E-state index is 0.0628. The van der Waals surface area contributed by atoms with Gasteiger partial charge in [-0.1, -0.05) is 15.9 Å². The largest absolute Gasteiger partial charge is 0.478 e. The molecule has 1 N–H and O–H groups in total. The maximum absolute atomic E-state index is 13.9. The van der Waals surface area contributed by atoms with Crippen molar-refractivity contribution in [3.05, 3.63) is 29.2 Å². The van der Waals surface area contributed by atoms with Crippen molar-refractivity contribution in [3.63, 3.8) is 0 Å². The van der Waals surface area contributed by atoms with Crippen molar-refractivity contribution >= 4 is 38.8 Å². The molecular formula is C13H11BrFNO4. The number of halogens is 2. The first-order valence-electron chi connectivity index (χ1n) is 5.65. The van der Waals surface area contributed by atoms with E-state index in [9.17, 15) is 19.1 Å². The van der Waals surface area contributed by atoms with Crippen LogP contribution in [-0.4, -0.2) is 21.6 Å². The van der Waals surface area contributed by atoms with Crippen LogP contribution < -0.4 is 4.74 Å². The zero-order valence-corrected chi connectivity index (χ0v) is 12.3. The number of carbonyl (C=O) groups is 2. The minimum Gasteiger partial charge on any atom is -0.478 e. The van der Waals surface area contributed by atoms with Crippen LogP contribution in [0.4, 0.5) is 4.39 Å². The third-order valence-electron chi connectivity index (χ3n) is 2.97. The van der Waals surface area contributed by atoms with Gasteiger partial charge in [0, 0.05) is 36.4 Å². The zero-order chi connectivity index (χ0) is 15.0. The van der Waals surface area contributed by atoms with E-state index in [0.717, 1.165) is 13.0 Å². The first kappa shape index (κ1) is 14.5. The van der Waals surface area contributed by atoms with Gasteiger partial charge >= 0.3 is 11.9 Å². The highest BCUT2D eigenvalue weighted by Gasteiger charge is 2.22. The van der Waals surface area contributed by atoms with E-state index in [4.69, 9.17) is 4.74 Å². The normalized spacial score (nSPS) is 10.8. The number of ether oxygens (including phenoxy) is 1. The van der Waals surface area contributed by atoms with Gasteiger partial charge in [0.2, 0.25) is 0 Å². The number of alkyl halides is 1. The average Bonchev–Trinajstić information content (AvgIpc) is 2.62. The predicted octanol–water partition coefficient (Wildman–Crippen LogP) is 2.84. The lowest BCUT2D eigenvalue weighted by molar-refractivity contribution is -0.132. The Morgan fingerprint density at radius 2 is 2.10 bits per heavy atom. The number of carboxylic acids is 1. The molecule has 0 amide bonds. The van der Waals surface area contributed by atoms with Gasteiger partial charge in [0.1, 0.15) is 0 Å². The Morgan fingerprint density at radius 1 is 1.45 bits per heavy atom. The van der Waals surface area contributed by atoms with Gasteiger partial charge in [0.05, 0.1) is 11.1 Å². The van der Waals surface area contributed by atoms with Crippen molar-refractivity contribution in [2.45, 2.75) is 12.3 Å². The highest BCUT2D eigenvalue weighted by Crippen LogP contribution is 2.32. The number of aromatic nitrogens is 1. The van der Waals surface area contributed by atoms with E-state index >= 15 is 0 Å². The number of hydrogen-bond acceptors (Lipinski definition) is 3. The van der Waals surface area contributed by atoms with Crippen LogP contribution in [0.2, 0.25) is 0 Å². The quantitative estimate of drug-likeness (QED) is 0.528. The number of esters is 1. The molecule has 0 aliphatic carbocycles. The predicted molar refractivity (Wildman–Crippen MR) is 73.8 cm³/mol. The van der Waals surface area contributed by atoms with Crippen LogP contribution in [-0.2, 0) is 17.2 Å². The van der Waals surface area contributed by atoms with Gasteiger partial charge in [-0.25, -0.2) is 9.18 Å². The lowest BCUT2D eigenvalue weighted by atomic mass is 10.1. The first-order chi connectivity index (χ1) is 9.36. The molecule has 0 spiro atoms. The molecule has 0 fully saturated rings. The molecule has 0 aliphatic rings. The molecule has 0 bridgehead atoms. The van der Waals surface area contributed by atoms with Gasteiger partial charge < -0.3 is 14.4 Å². The fraction of sp³-hybridized carbons (Fsp3) is 0.231. The molecule has 5 nitrogen and oxygen atoms in total. The smallest absolute Gasteiger partial charge is 0.338 e. The average molecular weight is 344 g/mol. The summed E-state index contributed by atoms with van der Waals surface area (Å²) >= 11 is 3.22. The van der Waals surface area contributed by atoms with Crippen molar-refractivity contribution in [2.75, 3.05) is 0 Å². The van der Waals surface area contributed by atoms with E-state index < -0.39 is 17.8 Å². The standard InChI is InChI=1S/C13H11BrFNO4/c1-6(17)20-11-3-7-9(4-8(11)15)16(2)10(5-14)12(7)13(18)19/h3-4H,5H2,1-2H3,(H,18,19). The Labute approximate surface area is 122 Å². The van der Waals surface area contributed by atoms with E-state index in [0.29, 0.717) is 21.9 Å². The molecule has 106 valence electrons. The molecule has 0 saturated carbocycles. The third-order valence-corrected chi connectivity index (χ3v) is 3.50. The van der Waals surface area contributed by atoms with Crippen LogP contribution in [0.25, 0.3) is 10.9 Å². The van der Waals surface area contributed by atoms with Gasteiger partial charge in [0.15, 0.2) is 11.6 Å². The van der Waals surface area contributed by atoms with Crippen molar-refractivity contribution < 1.29 is 23.8 Å². The molecule has 0 radical (unpaired) electrons. The number of benzene rings is 1. The van der Waals surface area contributed by atoms with Crippen LogP contribution in [0.1, 0.15) is 23.0 Å². The molecule has 0 aliphatic heterocycles. The van der Waals surface area contributed by atoms with Crippen molar-refractivity contribution in [1.29, 1.82) is 0 Å². The fourth-order valence-corrected chi connectivity index (χ4v) is 2.77. The molecule has 1 heterocycles. The van der Waals surface area contributed by atoms with Crippen LogP contribution in [0, 0.1) is 5.82 Å². The molecular weight excluding hydrogens is 333 g/mol. The lowest BCUT2D eigenvalue weighted by Crippen LogP contribution is -2.03. The number of carbonyl (C=O) groups excluding carboxylic acids is 1. The molecule has 0 atom stereocenters. The van der Waals surface area contributed by atoms with Crippen molar-refractivity contribution in [3.8, 4) is 5.75 Å². The Kier molecular flexibility index (Phi) is 3.80. The summed E-state index contributed by atoms with van der Waals surface area (Å²) in [6.45, 7) is 1.15. The fourth-order valence-electron chi connectivity index (χ4n) is 2.12. The van der Waals surface area contributed by atoms with Crippen molar-refractivity contribution in [2.24, 2.45) is 7.05 Å². The number of rotatable bonds is 3. The number of fused-ring (bicyclic) bond motifs is 1. The molecule has 1 aromatic heterocycles. The molecule has 0 saturated heterocycles. The summed E-state index contributed by atoms with van der Waals surface area (Å²) < 4.78 is 20.2. The number of carboxylic acid groups (broad SMARTS) is 1. The van der Waals surface area contributed by atoms with Crippen LogP contribution >= 0.6 is 15.9 Å². The number of nitrogens with zero attached hydrogens (tertiary/aromatic N) is 1. The summed E-state index contributed by atoms with van der Waals surface area (Å²) in [7, 11) is 1.65. The minimum atomic E-state index is -1.12. The van der Waals surface area contributed by atoms with Gasteiger partial charge in [0.25, 0.3) is 0 Å². The maximum atomic E-state index is 13.9. The lowest BCUT2D eigenvalue weighted by Gasteiger charge is -2.04. The maximum Gasteiger partial charge on any atom is 0.338 e. The highest BCUT2D eigenvalue weighted by atomic mass is 79.9. The van der Waals surface area contributed by atoms with Gasteiger partial charge in [-0.05, 0) is 6.07 Å². The Bertz CT molecular complexity index is 723. The van der Waals surface area contributed by atoms with Gasteiger partial charge in [-0.3, -0.25) is 4.79 Å². The van der Waals surface area contributed by atoms with Crippen LogP contribution in [0.3, 0.4) is 0 Å². The van der Waals surface area contributed by atoms with E-state index in [1.54, 1.807) is 11.6 Å². The summed E-state index contributed by atoms with van der Waals surface area (Å²) in [5.41, 5.74) is 0.991. The Balaban J connectivity index is 2.81. The first-order valence-corrected chi connectivity index (χ1v) is 6.77. The summed E-state index contributed by atoms with van der Waals surface area (Å²) in [4.78, 5) is 22.3. The summed E-state index contributed by atoms with van der Waals surface area (Å²) in [6.07, 6.45) is 0. The summed E-state index contributed by atoms with van der Waals surface area (Å²) in [5, 5.41) is 9.95. The molecule has 2 aromatic rings. The van der Waals surface area contributed by atoms with E-state index in [-0.39, 0.29) is 11.3 Å². The number of hydrogen-bond donors (Lipinski definition) is 1. The second kappa shape index (κ2) is 5.24. The zero-order valence-electron chi connectivity index (χ0n) is 10.7. The highest BCUT2D eigenvalue weighted by molar-refractivity contribution is 9.08. The third kappa shape index (κ3) is 2.29. The van der Waals surface area contributed by atoms with E-state index in [1.165, 1.54) is 6.07 Å². The van der Waals surface area contributed by atoms with E-state index in [1.807, 2.05) is 0 Å². The van der Waals surface area contributed by atoms with Gasteiger partial charge in [-0.2, -0.15) is 0 Å². The summed E-state index contributed by atoms with van der Waals surface area (Å²) in [6, 6.07) is 2.40.